The summed E-state index contributed by atoms with van der Waals surface area (Å²) in [5, 5.41) is 4.45. The molecule has 0 aromatic heterocycles. The number of fused-ring (bicyclic) bond motifs is 1. The van der Waals surface area contributed by atoms with Crippen LogP contribution >= 0.6 is 23.2 Å². The van der Waals surface area contributed by atoms with Gasteiger partial charge in [-0.05, 0) is 49.6 Å². The number of nitrogens with one attached hydrogen (secondary N) is 1. The maximum absolute atomic E-state index is 12.8. The number of carbonyl (C=O) groups excluding carboxylic acids is 2. The van der Waals surface area contributed by atoms with Crippen LogP contribution in [0.2, 0.25) is 10.0 Å². The highest BCUT2D eigenvalue weighted by Crippen LogP contribution is 2.36. The number of amides is 1. The highest BCUT2D eigenvalue weighted by atomic mass is 35.5. The predicted octanol–water partition coefficient (Wildman–Crippen LogP) is 5.06. The number of rotatable bonds is 1. The Morgan fingerprint density at radius 3 is 2.48 bits per heavy atom. The molecular weight excluding hydrogens is 383 g/mol. The molecule has 1 spiro atoms. The van der Waals surface area contributed by atoms with Crippen LogP contribution < -0.4 is 5.32 Å². The Morgan fingerprint density at radius 2 is 1.74 bits per heavy atom. The van der Waals surface area contributed by atoms with E-state index in [4.69, 9.17) is 23.2 Å². The Bertz CT molecular complexity index is 905. The lowest BCUT2D eigenvalue weighted by Crippen LogP contribution is -2.50. The van der Waals surface area contributed by atoms with Crippen LogP contribution in [0.15, 0.2) is 42.5 Å². The van der Waals surface area contributed by atoms with E-state index in [0.29, 0.717) is 35.1 Å². The number of likely N-dealkylation sites (tertiary alicyclic amines) is 1. The summed E-state index contributed by atoms with van der Waals surface area (Å²) in [5.41, 5.74) is 2.08. The molecule has 27 heavy (non-hydrogen) atoms. The van der Waals surface area contributed by atoms with Gasteiger partial charge in [0.05, 0.1) is 10.0 Å². The number of ketones is 1. The van der Waals surface area contributed by atoms with Crippen LogP contribution in [0.25, 0.3) is 0 Å². The zero-order valence-electron chi connectivity index (χ0n) is 14.8. The lowest BCUT2D eigenvalue weighted by atomic mass is 9.83. The van der Waals surface area contributed by atoms with Crippen molar-refractivity contribution in [3.63, 3.8) is 0 Å². The number of nitrogens with zero attached hydrogens (tertiary/aromatic N) is 1. The number of piperidine rings is 1. The number of carbonyl (C=O) groups is 2. The number of hydrogen-bond acceptors (Lipinski definition) is 3. The minimum atomic E-state index is -0.142. The summed E-state index contributed by atoms with van der Waals surface area (Å²) in [6.45, 7) is 1.28. The molecule has 2 aromatic rings. The molecule has 2 aromatic carbocycles. The molecule has 4 nitrogen and oxygen atoms in total. The van der Waals surface area contributed by atoms with E-state index in [-0.39, 0.29) is 17.2 Å². The number of Topliss-reactive ketones (excluding diaryl/α,β-unsaturated/α-hetero) is 1. The Morgan fingerprint density at radius 1 is 1.00 bits per heavy atom. The van der Waals surface area contributed by atoms with Gasteiger partial charge in [-0.15, -0.1) is 0 Å². The molecule has 1 fully saturated rings. The minimum Gasteiger partial charge on any atom is -0.379 e. The Kier molecular flexibility index (Phi) is 4.87. The van der Waals surface area contributed by atoms with E-state index in [0.717, 1.165) is 30.5 Å². The third kappa shape index (κ3) is 3.56. The van der Waals surface area contributed by atoms with Crippen molar-refractivity contribution in [1.82, 2.24) is 4.90 Å². The number of hydrogen-bond donors (Lipinski definition) is 1. The van der Waals surface area contributed by atoms with Gasteiger partial charge in [-0.25, -0.2) is 0 Å². The smallest absolute Gasteiger partial charge is 0.253 e. The second-order valence-electron chi connectivity index (χ2n) is 7.30. The Labute approximate surface area is 168 Å². The van der Waals surface area contributed by atoms with Gasteiger partial charge in [0.2, 0.25) is 0 Å². The minimum absolute atomic E-state index is 0.0338. The average molecular weight is 403 g/mol. The Balaban J connectivity index is 1.49. The molecule has 1 saturated heterocycles. The largest absolute Gasteiger partial charge is 0.379 e. The zero-order valence-corrected chi connectivity index (χ0v) is 16.3. The SMILES string of the molecule is O=C1CCC2(CCN(C(=O)c3ccc(Cl)c(Cl)c3)CC2)Nc2ccccc21. The zero-order chi connectivity index (χ0) is 19.0. The molecule has 2 aliphatic rings. The van der Waals surface area contributed by atoms with Crippen LogP contribution in [-0.2, 0) is 0 Å². The van der Waals surface area contributed by atoms with Gasteiger partial charge in [-0.2, -0.15) is 0 Å². The van der Waals surface area contributed by atoms with Gasteiger partial charge in [0.15, 0.2) is 5.78 Å². The quantitative estimate of drug-likeness (QED) is 0.725. The fourth-order valence-electron chi connectivity index (χ4n) is 4.00. The second-order valence-corrected chi connectivity index (χ2v) is 8.11. The van der Waals surface area contributed by atoms with Crippen LogP contribution in [0.3, 0.4) is 0 Å². The van der Waals surface area contributed by atoms with Crippen molar-refractivity contribution in [3.05, 3.63) is 63.6 Å². The molecule has 0 bridgehead atoms. The molecule has 0 aliphatic carbocycles. The molecule has 1 amide bonds. The monoisotopic (exact) mass is 402 g/mol. The van der Waals surface area contributed by atoms with Gasteiger partial charge in [0.1, 0.15) is 0 Å². The molecule has 0 atom stereocenters. The van der Waals surface area contributed by atoms with Gasteiger partial charge in [0.25, 0.3) is 5.91 Å². The van der Waals surface area contributed by atoms with Gasteiger partial charge in [0, 0.05) is 41.9 Å². The normalized spacial score (nSPS) is 18.6. The number of para-hydroxylation sites is 1. The molecule has 140 valence electrons. The summed E-state index contributed by atoms with van der Waals surface area (Å²) in [6.07, 6.45) is 2.93. The van der Waals surface area contributed by atoms with E-state index in [1.807, 2.05) is 29.2 Å². The maximum Gasteiger partial charge on any atom is 0.253 e. The van der Waals surface area contributed by atoms with Crippen LogP contribution in [0.5, 0.6) is 0 Å². The van der Waals surface area contributed by atoms with E-state index in [1.54, 1.807) is 18.2 Å². The summed E-state index contributed by atoms with van der Waals surface area (Å²) >= 11 is 12.0. The van der Waals surface area contributed by atoms with Crippen LogP contribution in [0, 0.1) is 0 Å². The Hall–Kier alpha value is -2.04. The van der Waals surface area contributed by atoms with E-state index in [2.05, 4.69) is 5.32 Å². The van der Waals surface area contributed by atoms with E-state index in [9.17, 15) is 9.59 Å². The van der Waals surface area contributed by atoms with E-state index >= 15 is 0 Å². The number of benzene rings is 2. The second kappa shape index (κ2) is 7.17. The highest BCUT2D eigenvalue weighted by molar-refractivity contribution is 6.42. The predicted molar refractivity (Wildman–Crippen MR) is 108 cm³/mol. The van der Waals surface area contributed by atoms with Crippen molar-refractivity contribution in [2.75, 3.05) is 18.4 Å². The molecule has 2 heterocycles. The van der Waals surface area contributed by atoms with Crippen molar-refractivity contribution < 1.29 is 9.59 Å². The fourth-order valence-corrected chi connectivity index (χ4v) is 4.29. The lowest BCUT2D eigenvalue weighted by Gasteiger charge is -2.42. The van der Waals surface area contributed by atoms with Crippen LogP contribution in [-0.4, -0.2) is 35.2 Å². The van der Waals surface area contributed by atoms with Crippen molar-refractivity contribution in [2.24, 2.45) is 0 Å². The third-order valence-corrected chi connectivity index (χ3v) is 6.37. The number of halogens is 2. The molecule has 4 rings (SSSR count). The first kappa shape index (κ1) is 18.3. The first-order chi connectivity index (χ1) is 13.0. The molecule has 2 aliphatic heterocycles. The molecule has 0 unspecified atom stereocenters. The third-order valence-electron chi connectivity index (χ3n) is 5.63. The van der Waals surface area contributed by atoms with E-state index < -0.39 is 0 Å². The topological polar surface area (TPSA) is 49.4 Å². The first-order valence-electron chi connectivity index (χ1n) is 9.12. The summed E-state index contributed by atoms with van der Waals surface area (Å²) in [7, 11) is 0. The molecular formula is C21H20Cl2N2O2. The standard InChI is InChI=1S/C21H20Cl2N2O2/c22-16-6-5-14(13-17(16)23)20(27)25-11-9-21(10-12-25)8-7-19(26)15-3-1-2-4-18(15)24-21/h1-6,13,24H,7-12H2. The summed E-state index contributed by atoms with van der Waals surface area (Å²) in [6, 6.07) is 12.7. The molecule has 0 radical (unpaired) electrons. The van der Waals surface area contributed by atoms with Crippen LogP contribution in [0.1, 0.15) is 46.4 Å². The van der Waals surface area contributed by atoms with Crippen molar-refractivity contribution in [3.8, 4) is 0 Å². The average Bonchev–Trinajstić information content (AvgIpc) is 2.81. The van der Waals surface area contributed by atoms with Gasteiger partial charge in [-0.3, -0.25) is 9.59 Å². The van der Waals surface area contributed by atoms with Gasteiger partial charge < -0.3 is 10.2 Å². The summed E-state index contributed by atoms with van der Waals surface area (Å²) in [4.78, 5) is 27.1. The molecule has 1 N–H and O–H groups in total. The lowest BCUT2D eigenvalue weighted by molar-refractivity contribution is 0.0673. The number of anilines is 1. The van der Waals surface area contributed by atoms with Crippen molar-refractivity contribution in [2.45, 2.75) is 31.2 Å². The highest BCUT2D eigenvalue weighted by Gasteiger charge is 2.38. The van der Waals surface area contributed by atoms with E-state index in [1.165, 1.54) is 0 Å². The maximum atomic E-state index is 12.8. The van der Waals surface area contributed by atoms with Gasteiger partial charge in [-0.1, -0.05) is 35.3 Å². The fraction of sp³-hybridized carbons (Fsp3) is 0.333. The van der Waals surface area contributed by atoms with Crippen molar-refractivity contribution in [1.29, 1.82) is 0 Å². The summed E-state index contributed by atoms with van der Waals surface area (Å²) in [5.74, 6) is 0.151. The molecule has 6 heteroatoms. The molecule has 0 saturated carbocycles. The first-order valence-corrected chi connectivity index (χ1v) is 9.88. The van der Waals surface area contributed by atoms with Crippen molar-refractivity contribution >= 4 is 40.6 Å². The van der Waals surface area contributed by atoms with Crippen LogP contribution in [0.4, 0.5) is 5.69 Å². The summed E-state index contributed by atoms with van der Waals surface area (Å²) < 4.78 is 0. The van der Waals surface area contributed by atoms with Gasteiger partial charge >= 0.3 is 0 Å².